The number of benzene rings is 1. The molecule has 0 amide bonds. The van der Waals surface area contributed by atoms with Crippen LogP contribution in [0, 0.1) is 5.82 Å². The Balaban J connectivity index is 2.58. The second-order valence-electron chi connectivity index (χ2n) is 5.09. The van der Waals surface area contributed by atoms with E-state index >= 15 is 0 Å². The van der Waals surface area contributed by atoms with Crippen molar-refractivity contribution in [2.45, 2.75) is 45.3 Å². The number of aliphatic hydroxyl groups is 2. The normalized spacial score (nSPS) is 13.2. The molecule has 2 N–H and O–H groups in total. The largest absolute Gasteiger partial charge is 0.395 e. The van der Waals surface area contributed by atoms with Crippen molar-refractivity contribution < 1.29 is 14.6 Å². The van der Waals surface area contributed by atoms with Crippen molar-refractivity contribution in [1.29, 1.82) is 0 Å². The van der Waals surface area contributed by atoms with Crippen LogP contribution in [0.4, 0.5) is 4.39 Å². The average molecular weight is 283 g/mol. The first-order valence-corrected chi connectivity index (χ1v) is 7.40. The summed E-state index contributed by atoms with van der Waals surface area (Å²) in [7, 11) is 0. The van der Waals surface area contributed by atoms with Crippen molar-refractivity contribution in [3.8, 4) is 0 Å². The molecule has 0 heterocycles. The standard InChI is InChI=1S/C16H26FNO2/c1-3-15(4-2)18(10-11-19)9-8-16(20)13-6-5-7-14(17)12-13/h5-7,12,15-16,19-20H,3-4,8-11H2,1-2H3. The van der Waals surface area contributed by atoms with Crippen molar-refractivity contribution in [1.82, 2.24) is 4.90 Å². The molecule has 0 fully saturated rings. The third kappa shape index (κ3) is 5.19. The van der Waals surface area contributed by atoms with Crippen LogP contribution >= 0.6 is 0 Å². The van der Waals surface area contributed by atoms with Crippen molar-refractivity contribution in [3.05, 3.63) is 35.6 Å². The van der Waals surface area contributed by atoms with Crippen LogP contribution in [0.25, 0.3) is 0 Å². The van der Waals surface area contributed by atoms with E-state index in [1.165, 1.54) is 12.1 Å². The Kier molecular flexibility index (Phi) is 7.73. The number of hydrogen-bond donors (Lipinski definition) is 2. The Labute approximate surface area is 121 Å². The molecule has 0 aliphatic carbocycles. The first-order valence-electron chi connectivity index (χ1n) is 7.40. The zero-order valence-corrected chi connectivity index (χ0v) is 12.4. The maximum absolute atomic E-state index is 13.1. The van der Waals surface area contributed by atoms with Crippen molar-refractivity contribution in [3.63, 3.8) is 0 Å². The van der Waals surface area contributed by atoms with Crippen LogP contribution in [0.15, 0.2) is 24.3 Å². The highest BCUT2D eigenvalue weighted by Gasteiger charge is 2.16. The van der Waals surface area contributed by atoms with Gasteiger partial charge < -0.3 is 10.2 Å². The lowest BCUT2D eigenvalue weighted by molar-refractivity contribution is 0.103. The van der Waals surface area contributed by atoms with Gasteiger partial charge >= 0.3 is 0 Å². The first-order chi connectivity index (χ1) is 9.62. The zero-order chi connectivity index (χ0) is 15.0. The van der Waals surface area contributed by atoms with E-state index in [-0.39, 0.29) is 12.4 Å². The van der Waals surface area contributed by atoms with Crippen LogP contribution in [0.2, 0.25) is 0 Å². The predicted molar refractivity (Wildman–Crippen MR) is 79.0 cm³/mol. The zero-order valence-electron chi connectivity index (χ0n) is 12.4. The van der Waals surface area contributed by atoms with Gasteiger partial charge in [-0.1, -0.05) is 26.0 Å². The molecule has 0 spiro atoms. The predicted octanol–water partition coefficient (Wildman–Crippen LogP) is 2.73. The van der Waals surface area contributed by atoms with E-state index in [2.05, 4.69) is 18.7 Å². The summed E-state index contributed by atoms with van der Waals surface area (Å²) < 4.78 is 13.1. The first kappa shape index (κ1) is 17.1. The fraction of sp³-hybridized carbons (Fsp3) is 0.625. The van der Waals surface area contributed by atoms with Crippen molar-refractivity contribution in [2.24, 2.45) is 0 Å². The van der Waals surface area contributed by atoms with Gasteiger partial charge in [0.2, 0.25) is 0 Å². The van der Waals surface area contributed by atoms with E-state index < -0.39 is 6.10 Å². The van der Waals surface area contributed by atoms with Gasteiger partial charge in [-0.3, -0.25) is 4.90 Å². The molecule has 20 heavy (non-hydrogen) atoms. The van der Waals surface area contributed by atoms with Crippen LogP contribution in [-0.4, -0.2) is 40.9 Å². The van der Waals surface area contributed by atoms with Crippen LogP contribution in [0.1, 0.15) is 44.8 Å². The van der Waals surface area contributed by atoms with Gasteiger partial charge in [-0.15, -0.1) is 0 Å². The highest BCUT2D eigenvalue weighted by atomic mass is 19.1. The Hall–Kier alpha value is -0.970. The van der Waals surface area contributed by atoms with E-state index in [1.807, 2.05) is 0 Å². The summed E-state index contributed by atoms with van der Waals surface area (Å²) in [5.74, 6) is -0.325. The summed E-state index contributed by atoms with van der Waals surface area (Å²) in [4.78, 5) is 2.20. The van der Waals surface area contributed by atoms with Crippen molar-refractivity contribution >= 4 is 0 Å². The second kappa shape index (κ2) is 9.06. The molecule has 0 aliphatic rings. The lowest BCUT2D eigenvalue weighted by atomic mass is 10.0. The lowest BCUT2D eigenvalue weighted by Crippen LogP contribution is -2.38. The third-order valence-corrected chi connectivity index (χ3v) is 3.77. The van der Waals surface area contributed by atoms with E-state index in [4.69, 9.17) is 5.11 Å². The van der Waals surface area contributed by atoms with Crippen LogP contribution < -0.4 is 0 Å². The molecular weight excluding hydrogens is 257 g/mol. The molecule has 114 valence electrons. The minimum absolute atomic E-state index is 0.118. The fourth-order valence-corrected chi connectivity index (χ4v) is 2.58. The Morgan fingerprint density at radius 1 is 1.20 bits per heavy atom. The monoisotopic (exact) mass is 283 g/mol. The Morgan fingerprint density at radius 2 is 1.90 bits per heavy atom. The van der Waals surface area contributed by atoms with Crippen molar-refractivity contribution in [2.75, 3.05) is 19.7 Å². The molecule has 1 unspecified atom stereocenters. The van der Waals surface area contributed by atoms with Crippen LogP contribution in [0.3, 0.4) is 0 Å². The molecule has 0 bridgehead atoms. The molecule has 0 radical (unpaired) electrons. The summed E-state index contributed by atoms with van der Waals surface area (Å²) in [6.45, 7) is 5.68. The topological polar surface area (TPSA) is 43.7 Å². The minimum Gasteiger partial charge on any atom is -0.395 e. The van der Waals surface area contributed by atoms with E-state index in [1.54, 1.807) is 12.1 Å². The number of halogens is 1. The van der Waals surface area contributed by atoms with Crippen LogP contribution in [0.5, 0.6) is 0 Å². The molecule has 1 atom stereocenters. The number of rotatable bonds is 9. The molecule has 1 aromatic carbocycles. The summed E-state index contributed by atoms with van der Waals surface area (Å²) in [6.07, 6.45) is 1.92. The molecule has 0 saturated heterocycles. The Bertz CT molecular complexity index is 382. The molecule has 0 aromatic heterocycles. The number of aliphatic hydroxyl groups excluding tert-OH is 2. The van der Waals surface area contributed by atoms with Gasteiger partial charge in [0.1, 0.15) is 5.82 Å². The summed E-state index contributed by atoms with van der Waals surface area (Å²) in [5, 5.41) is 19.3. The molecule has 1 aromatic rings. The van der Waals surface area contributed by atoms with Gasteiger partial charge in [0.25, 0.3) is 0 Å². The number of nitrogens with zero attached hydrogens (tertiary/aromatic N) is 1. The quantitative estimate of drug-likeness (QED) is 0.732. The van der Waals surface area contributed by atoms with E-state index in [0.717, 1.165) is 12.8 Å². The molecule has 0 aliphatic heterocycles. The smallest absolute Gasteiger partial charge is 0.123 e. The highest BCUT2D eigenvalue weighted by molar-refractivity contribution is 5.18. The van der Waals surface area contributed by atoms with Gasteiger partial charge in [0, 0.05) is 19.1 Å². The molecule has 4 heteroatoms. The molecule has 3 nitrogen and oxygen atoms in total. The lowest BCUT2D eigenvalue weighted by Gasteiger charge is -2.30. The van der Waals surface area contributed by atoms with Gasteiger partial charge in [0.15, 0.2) is 0 Å². The second-order valence-corrected chi connectivity index (χ2v) is 5.09. The van der Waals surface area contributed by atoms with Crippen LogP contribution in [-0.2, 0) is 0 Å². The van der Waals surface area contributed by atoms with Gasteiger partial charge in [0.05, 0.1) is 12.7 Å². The Morgan fingerprint density at radius 3 is 2.45 bits per heavy atom. The van der Waals surface area contributed by atoms with E-state index in [0.29, 0.717) is 31.1 Å². The SMILES string of the molecule is CCC(CC)N(CCO)CCC(O)c1cccc(F)c1. The van der Waals surface area contributed by atoms with Gasteiger partial charge in [-0.25, -0.2) is 4.39 Å². The highest BCUT2D eigenvalue weighted by Crippen LogP contribution is 2.19. The molecule has 0 saturated carbocycles. The fourth-order valence-electron chi connectivity index (χ4n) is 2.58. The maximum Gasteiger partial charge on any atom is 0.123 e. The summed E-state index contributed by atoms with van der Waals surface area (Å²) >= 11 is 0. The molecular formula is C16H26FNO2. The summed E-state index contributed by atoms with van der Waals surface area (Å²) in [5.41, 5.74) is 0.610. The van der Waals surface area contributed by atoms with Gasteiger partial charge in [-0.05, 0) is 37.0 Å². The summed E-state index contributed by atoms with van der Waals surface area (Å²) in [6, 6.07) is 6.51. The third-order valence-electron chi connectivity index (χ3n) is 3.77. The maximum atomic E-state index is 13.1. The van der Waals surface area contributed by atoms with E-state index in [9.17, 15) is 9.50 Å². The molecule has 1 rings (SSSR count). The van der Waals surface area contributed by atoms with Gasteiger partial charge in [-0.2, -0.15) is 0 Å². The average Bonchev–Trinajstić information content (AvgIpc) is 2.45. The minimum atomic E-state index is -0.666. The number of hydrogen-bond acceptors (Lipinski definition) is 3.